The van der Waals surface area contributed by atoms with Gasteiger partial charge in [-0.1, -0.05) is 42.5 Å². The maximum atomic E-state index is 13.8. The summed E-state index contributed by atoms with van der Waals surface area (Å²) >= 11 is 0. The second-order valence-electron chi connectivity index (χ2n) is 5.66. The van der Waals surface area contributed by atoms with Gasteiger partial charge in [0.2, 0.25) is 0 Å². The molecule has 0 radical (unpaired) electrons. The number of benzene rings is 3. The molecule has 0 aliphatic rings. The molecular weight excluding hydrogens is 322 g/mol. The molecule has 0 fully saturated rings. The first-order valence-corrected chi connectivity index (χ1v) is 7.71. The van der Waals surface area contributed by atoms with E-state index in [9.17, 15) is 13.6 Å². The van der Waals surface area contributed by atoms with Gasteiger partial charge in [-0.15, -0.1) is 0 Å². The molecule has 2 nitrogen and oxygen atoms in total. The van der Waals surface area contributed by atoms with Crippen LogP contribution in [0.5, 0.6) is 0 Å². The first-order valence-electron chi connectivity index (χ1n) is 7.71. The van der Waals surface area contributed by atoms with Gasteiger partial charge in [0.05, 0.1) is 5.39 Å². The Balaban J connectivity index is 2.15. The molecule has 4 rings (SSSR count). The third-order valence-corrected chi connectivity index (χ3v) is 4.04. The second kappa shape index (κ2) is 5.98. The summed E-state index contributed by atoms with van der Waals surface area (Å²) in [6.45, 7) is 0. The average molecular weight is 334 g/mol. The topological polar surface area (TPSA) is 30.2 Å². The summed E-state index contributed by atoms with van der Waals surface area (Å²) < 4.78 is 33.0. The van der Waals surface area contributed by atoms with E-state index in [1.165, 1.54) is 30.3 Å². The lowest BCUT2D eigenvalue weighted by Gasteiger charge is -2.12. The Morgan fingerprint density at radius 1 is 0.680 bits per heavy atom. The zero-order valence-corrected chi connectivity index (χ0v) is 13.0. The van der Waals surface area contributed by atoms with Gasteiger partial charge >= 0.3 is 5.63 Å². The molecule has 1 heterocycles. The molecule has 4 aromatic rings. The molecule has 0 saturated carbocycles. The van der Waals surface area contributed by atoms with Crippen LogP contribution in [0.25, 0.3) is 33.2 Å². The van der Waals surface area contributed by atoms with E-state index in [-0.39, 0.29) is 5.76 Å². The molecule has 1 aromatic heterocycles. The number of halogens is 2. The predicted octanol–water partition coefficient (Wildman–Crippen LogP) is 5.41. The van der Waals surface area contributed by atoms with Crippen LogP contribution in [-0.4, -0.2) is 0 Å². The van der Waals surface area contributed by atoms with Crippen molar-refractivity contribution < 1.29 is 13.2 Å². The van der Waals surface area contributed by atoms with Crippen LogP contribution in [0.2, 0.25) is 0 Å². The fourth-order valence-corrected chi connectivity index (χ4v) is 2.96. The summed E-state index contributed by atoms with van der Waals surface area (Å²) in [5.74, 6) is -0.634. The number of rotatable bonds is 2. The maximum absolute atomic E-state index is 13.8. The molecule has 0 saturated heterocycles. The minimum absolute atomic E-state index is 0.216. The summed E-state index contributed by atoms with van der Waals surface area (Å²) in [6.07, 6.45) is 0. The summed E-state index contributed by atoms with van der Waals surface area (Å²) in [7, 11) is 0. The fraction of sp³-hybridized carbons (Fsp3) is 0. The molecule has 0 unspecified atom stereocenters. The van der Waals surface area contributed by atoms with Crippen molar-refractivity contribution in [1.82, 2.24) is 0 Å². The van der Waals surface area contributed by atoms with Crippen LogP contribution in [0, 0.1) is 11.6 Å². The molecule has 122 valence electrons. The smallest absolute Gasteiger partial charge is 0.344 e. The normalized spacial score (nSPS) is 11.0. The van der Waals surface area contributed by atoms with Crippen molar-refractivity contribution in [2.75, 3.05) is 0 Å². The number of hydrogen-bond acceptors (Lipinski definition) is 2. The molecule has 25 heavy (non-hydrogen) atoms. The van der Waals surface area contributed by atoms with Crippen LogP contribution < -0.4 is 5.63 Å². The maximum Gasteiger partial charge on any atom is 0.344 e. The van der Waals surface area contributed by atoms with Gasteiger partial charge in [-0.05, 0) is 35.9 Å². The molecule has 0 bridgehead atoms. The van der Waals surface area contributed by atoms with E-state index in [1.807, 2.05) is 0 Å². The van der Waals surface area contributed by atoms with E-state index in [0.717, 1.165) is 0 Å². The Morgan fingerprint density at radius 3 is 1.96 bits per heavy atom. The third kappa shape index (κ3) is 2.72. The Labute approximate surface area is 142 Å². The largest absolute Gasteiger partial charge is 0.422 e. The lowest BCUT2D eigenvalue weighted by molar-refractivity contribution is 0.535. The van der Waals surface area contributed by atoms with Crippen LogP contribution in [-0.2, 0) is 0 Å². The van der Waals surface area contributed by atoms with Crippen molar-refractivity contribution in [1.29, 1.82) is 0 Å². The molecule has 0 aliphatic carbocycles. The Hall–Kier alpha value is -3.27. The van der Waals surface area contributed by atoms with Crippen LogP contribution in [0.15, 0.2) is 82.0 Å². The van der Waals surface area contributed by atoms with Gasteiger partial charge in [0, 0.05) is 16.5 Å². The predicted molar refractivity (Wildman–Crippen MR) is 93.3 cm³/mol. The highest BCUT2D eigenvalue weighted by Gasteiger charge is 2.17. The van der Waals surface area contributed by atoms with Gasteiger partial charge in [0.1, 0.15) is 17.4 Å². The van der Waals surface area contributed by atoms with Crippen LogP contribution in [0.1, 0.15) is 0 Å². The average Bonchev–Trinajstić information content (AvgIpc) is 2.61. The van der Waals surface area contributed by atoms with Crippen LogP contribution >= 0.6 is 0 Å². The van der Waals surface area contributed by atoms with Crippen molar-refractivity contribution in [3.63, 3.8) is 0 Å². The zero-order valence-electron chi connectivity index (χ0n) is 13.0. The Morgan fingerprint density at radius 2 is 1.28 bits per heavy atom. The number of fused-ring (bicyclic) bond motifs is 1. The van der Waals surface area contributed by atoms with Gasteiger partial charge in [-0.2, -0.15) is 0 Å². The first kappa shape index (κ1) is 15.3. The summed E-state index contributed by atoms with van der Waals surface area (Å²) in [4.78, 5) is 12.4. The van der Waals surface area contributed by atoms with E-state index in [2.05, 4.69) is 0 Å². The highest BCUT2D eigenvalue weighted by molar-refractivity contribution is 6.01. The van der Waals surface area contributed by atoms with Crippen molar-refractivity contribution in [3.05, 3.63) is 94.9 Å². The Kier molecular flexibility index (Phi) is 3.65. The van der Waals surface area contributed by atoms with Crippen molar-refractivity contribution in [3.8, 4) is 22.5 Å². The van der Waals surface area contributed by atoms with E-state index in [0.29, 0.717) is 27.5 Å². The van der Waals surface area contributed by atoms with Crippen LogP contribution in [0.3, 0.4) is 0 Å². The van der Waals surface area contributed by atoms with E-state index >= 15 is 0 Å². The SMILES string of the molecule is O=c1oc(-c2cccc(F)c2)c(-c2cccc(F)c2)c2ccccc12. The monoisotopic (exact) mass is 334 g/mol. The first-order chi connectivity index (χ1) is 12.1. The highest BCUT2D eigenvalue weighted by Crippen LogP contribution is 2.36. The summed E-state index contributed by atoms with van der Waals surface area (Å²) in [5, 5.41) is 1.02. The highest BCUT2D eigenvalue weighted by atomic mass is 19.1. The third-order valence-electron chi connectivity index (χ3n) is 4.04. The molecule has 0 spiro atoms. The van der Waals surface area contributed by atoms with E-state index < -0.39 is 17.3 Å². The van der Waals surface area contributed by atoms with Gasteiger partial charge < -0.3 is 4.42 Å². The fourth-order valence-electron chi connectivity index (χ4n) is 2.96. The van der Waals surface area contributed by atoms with Gasteiger partial charge in [-0.25, -0.2) is 13.6 Å². The Bertz CT molecular complexity index is 1150. The molecule has 0 aliphatic heterocycles. The van der Waals surface area contributed by atoms with Gasteiger partial charge in [0.15, 0.2) is 0 Å². The van der Waals surface area contributed by atoms with E-state index in [4.69, 9.17) is 4.42 Å². The summed E-state index contributed by atoms with van der Waals surface area (Å²) in [6, 6.07) is 18.8. The lowest BCUT2D eigenvalue weighted by atomic mass is 9.95. The standard InChI is InChI=1S/C21H12F2O2/c22-15-7-3-5-13(11-15)19-17-9-1-2-10-18(17)21(24)25-20(19)14-6-4-8-16(23)12-14/h1-12H. The quantitative estimate of drug-likeness (QED) is 0.491. The molecular formula is C21H12F2O2. The minimum Gasteiger partial charge on any atom is -0.422 e. The molecule has 0 amide bonds. The zero-order chi connectivity index (χ0) is 17.4. The van der Waals surface area contributed by atoms with Crippen LogP contribution in [0.4, 0.5) is 8.78 Å². The van der Waals surface area contributed by atoms with E-state index in [1.54, 1.807) is 42.5 Å². The summed E-state index contributed by atoms with van der Waals surface area (Å²) in [5.41, 5.74) is 1.01. The minimum atomic E-state index is -0.519. The lowest BCUT2D eigenvalue weighted by Crippen LogP contribution is -2.03. The number of hydrogen-bond donors (Lipinski definition) is 0. The molecule has 3 aromatic carbocycles. The molecule has 0 N–H and O–H groups in total. The van der Waals surface area contributed by atoms with Crippen molar-refractivity contribution in [2.24, 2.45) is 0 Å². The molecule has 4 heteroatoms. The van der Waals surface area contributed by atoms with Crippen molar-refractivity contribution >= 4 is 10.8 Å². The second-order valence-corrected chi connectivity index (χ2v) is 5.66. The molecule has 0 atom stereocenters. The van der Waals surface area contributed by atoms with Gasteiger partial charge in [0.25, 0.3) is 0 Å². The van der Waals surface area contributed by atoms with Gasteiger partial charge in [-0.3, -0.25) is 0 Å². The van der Waals surface area contributed by atoms with Crippen molar-refractivity contribution in [2.45, 2.75) is 0 Å².